The van der Waals surface area contributed by atoms with Crippen LogP contribution in [0.2, 0.25) is 10.0 Å². The molecule has 0 aliphatic heterocycles. The third kappa shape index (κ3) is 8.39. The largest absolute Gasteiger partial charge is 0.354 e. The number of unbranched alkanes of at least 4 members (excludes halogenated alkanes) is 1. The van der Waals surface area contributed by atoms with Crippen LogP contribution in [0.5, 0.6) is 0 Å². The number of para-hydroxylation sites is 1. The highest BCUT2D eigenvalue weighted by atomic mass is 35.5. The number of nitrogens with zero attached hydrogens (tertiary/aromatic N) is 2. The van der Waals surface area contributed by atoms with E-state index < -0.39 is 16.1 Å². The van der Waals surface area contributed by atoms with E-state index in [2.05, 4.69) is 5.32 Å². The van der Waals surface area contributed by atoms with Crippen molar-refractivity contribution in [3.63, 3.8) is 0 Å². The SMILES string of the molecule is CCCCNC(=O)[C@@H](C)N(Cc1c(Cl)cccc1Cl)C(=O)CCCN(c1ccccc1C)S(C)(=O)=O. The lowest BCUT2D eigenvalue weighted by molar-refractivity contribution is -0.140. The van der Waals surface area contributed by atoms with Gasteiger partial charge >= 0.3 is 0 Å². The molecule has 0 bridgehead atoms. The lowest BCUT2D eigenvalue weighted by Crippen LogP contribution is -2.48. The molecule has 0 unspecified atom stereocenters. The molecule has 10 heteroatoms. The smallest absolute Gasteiger partial charge is 0.242 e. The molecule has 0 spiro atoms. The van der Waals surface area contributed by atoms with Gasteiger partial charge in [0.25, 0.3) is 0 Å². The quantitative estimate of drug-likeness (QED) is 0.345. The monoisotopic (exact) mass is 555 g/mol. The van der Waals surface area contributed by atoms with Gasteiger partial charge in [-0.3, -0.25) is 13.9 Å². The van der Waals surface area contributed by atoms with Crippen molar-refractivity contribution in [3.05, 3.63) is 63.6 Å². The van der Waals surface area contributed by atoms with Crippen molar-refractivity contribution in [1.29, 1.82) is 0 Å². The number of rotatable bonds is 13. The van der Waals surface area contributed by atoms with Crippen molar-refractivity contribution in [2.75, 3.05) is 23.7 Å². The maximum Gasteiger partial charge on any atom is 0.242 e. The third-order valence-electron chi connectivity index (χ3n) is 5.92. The Labute approximate surface area is 224 Å². The van der Waals surface area contributed by atoms with Gasteiger partial charge in [-0.1, -0.05) is 60.8 Å². The van der Waals surface area contributed by atoms with Gasteiger partial charge in [0.05, 0.1) is 11.9 Å². The minimum atomic E-state index is -3.55. The van der Waals surface area contributed by atoms with E-state index in [0.717, 1.165) is 24.7 Å². The molecule has 0 fully saturated rings. The number of nitrogens with one attached hydrogen (secondary N) is 1. The number of sulfonamides is 1. The average molecular weight is 557 g/mol. The van der Waals surface area contributed by atoms with E-state index in [-0.39, 0.29) is 37.7 Å². The summed E-state index contributed by atoms with van der Waals surface area (Å²) in [6, 6.07) is 11.5. The van der Waals surface area contributed by atoms with Crippen LogP contribution in [0, 0.1) is 6.92 Å². The van der Waals surface area contributed by atoms with E-state index >= 15 is 0 Å². The normalized spacial score (nSPS) is 12.2. The van der Waals surface area contributed by atoms with Crippen molar-refractivity contribution in [1.82, 2.24) is 10.2 Å². The van der Waals surface area contributed by atoms with E-state index in [0.29, 0.717) is 27.8 Å². The van der Waals surface area contributed by atoms with Crippen molar-refractivity contribution < 1.29 is 18.0 Å². The summed E-state index contributed by atoms with van der Waals surface area (Å²) in [5.74, 6) is -0.556. The predicted molar refractivity (Wildman–Crippen MR) is 147 cm³/mol. The van der Waals surface area contributed by atoms with Gasteiger partial charge in [0.1, 0.15) is 6.04 Å². The van der Waals surface area contributed by atoms with Crippen LogP contribution in [0.1, 0.15) is 50.7 Å². The Morgan fingerprint density at radius 3 is 2.25 bits per heavy atom. The Morgan fingerprint density at radius 1 is 1.03 bits per heavy atom. The van der Waals surface area contributed by atoms with Crippen LogP contribution >= 0.6 is 23.2 Å². The molecule has 36 heavy (non-hydrogen) atoms. The van der Waals surface area contributed by atoms with Crippen LogP contribution in [0.25, 0.3) is 0 Å². The number of anilines is 1. The molecule has 1 atom stereocenters. The lowest BCUT2D eigenvalue weighted by Gasteiger charge is -2.30. The Kier molecular flexibility index (Phi) is 11.5. The second-order valence-corrected chi connectivity index (χ2v) is 11.5. The van der Waals surface area contributed by atoms with Crippen molar-refractivity contribution in [2.45, 2.75) is 59.0 Å². The predicted octanol–water partition coefficient (Wildman–Crippen LogP) is 5.18. The van der Waals surface area contributed by atoms with Crippen molar-refractivity contribution >= 4 is 50.7 Å². The number of carbonyl (C=O) groups excluding carboxylic acids is 2. The van der Waals surface area contributed by atoms with Gasteiger partial charge in [-0.25, -0.2) is 8.42 Å². The number of halogens is 2. The summed E-state index contributed by atoms with van der Waals surface area (Å²) in [5, 5.41) is 3.68. The number of carbonyl (C=O) groups is 2. The second-order valence-electron chi connectivity index (χ2n) is 8.77. The zero-order chi connectivity index (χ0) is 26.9. The van der Waals surface area contributed by atoms with Crippen LogP contribution in [0.3, 0.4) is 0 Å². The van der Waals surface area contributed by atoms with E-state index in [1.807, 2.05) is 26.0 Å². The number of aryl methyl sites for hydroxylation is 1. The minimum absolute atomic E-state index is 0.0482. The first-order valence-corrected chi connectivity index (χ1v) is 14.6. The highest BCUT2D eigenvalue weighted by molar-refractivity contribution is 7.92. The number of hydrogen-bond donors (Lipinski definition) is 1. The van der Waals surface area contributed by atoms with Gasteiger partial charge in [-0.05, 0) is 50.5 Å². The summed E-state index contributed by atoms with van der Waals surface area (Å²) in [6.45, 7) is 6.25. The Balaban J connectivity index is 2.21. The fourth-order valence-corrected chi connectivity index (χ4v) is 5.34. The van der Waals surface area contributed by atoms with Crippen molar-refractivity contribution in [3.8, 4) is 0 Å². The maximum absolute atomic E-state index is 13.4. The fraction of sp³-hybridized carbons (Fsp3) is 0.462. The highest BCUT2D eigenvalue weighted by Gasteiger charge is 2.28. The summed E-state index contributed by atoms with van der Waals surface area (Å²) in [4.78, 5) is 27.6. The van der Waals surface area contributed by atoms with Gasteiger partial charge in [-0.2, -0.15) is 0 Å². The summed E-state index contributed by atoms with van der Waals surface area (Å²) < 4.78 is 26.3. The molecule has 0 saturated heterocycles. The van der Waals surface area contributed by atoms with E-state index in [1.165, 1.54) is 9.21 Å². The summed E-state index contributed by atoms with van der Waals surface area (Å²) in [5.41, 5.74) is 1.96. The molecule has 0 radical (unpaired) electrons. The molecule has 2 rings (SSSR count). The van der Waals surface area contributed by atoms with Gasteiger partial charge < -0.3 is 10.2 Å². The fourth-order valence-electron chi connectivity index (χ4n) is 3.80. The molecule has 2 amide bonds. The molecule has 0 aliphatic rings. The molecule has 0 saturated carbocycles. The van der Waals surface area contributed by atoms with Gasteiger partial charge in [0.15, 0.2) is 0 Å². The van der Waals surface area contributed by atoms with Gasteiger partial charge in [-0.15, -0.1) is 0 Å². The number of benzene rings is 2. The zero-order valence-electron chi connectivity index (χ0n) is 21.3. The first-order valence-electron chi connectivity index (χ1n) is 12.0. The highest BCUT2D eigenvalue weighted by Crippen LogP contribution is 2.27. The number of amides is 2. The van der Waals surface area contributed by atoms with Gasteiger partial charge in [0, 0.05) is 41.7 Å². The first kappa shape index (κ1) is 29.9. The first-order chi connectivity index (χ1) is 17.0. The molecular weight excluding hydrogens is 521 g/mol. The van der Waals surface area contributed by atoms with Crippen LogP contribution in [-0.2, 0) is 26.2 Å². The van der Waals surface area contributed by atoms with Crippen LogP contribution in [0.15, 0.2) is 42.5 Å². The standard InChI is InChI=1S/C26H35Cl2N3O4S/c1-5-6-16-29-26(33)20(3)30(18-21-22(27)12-9-13-23(21)28)25(32)15-10-17-31(36(4,34)35)24-14-8-7-11-19(24)2/h7-9,11-14,20H,5-6,10,15-18H2,1-4H3,(H,29,33)/t20-/m1/s1. The van der Waals surface area contributed by atoms with Crippen molar-refractivity contribution in [2.24, 2.45) is 0 Å². The maximum atomic E-state index is 13.4. The summed E-state index contributed by atoms with van der Waals surface area (Å²) in [7, 11) is -3.55. The summed E-state index contributed by atoms with van der Waals surface area (Å²) >= 11 is 12.7. The Hall–Kier alpha value is -2.29. The molecular formula is C26H35Cl2N3O4S. The topological polar surface area (TPSA) is 86.8 Å². The Morgan fingerprint density at radius 2 is 1.67 bits per heavy atom. The Bertz CT molecular complexity index is 1140. The molecule has 2 aromatic carbocycles. The molecule has 0 heterocycles. The van der Waals surface area contributed by atoms with E-state index in [4.69, 9.17) is 23.2 Å². The van der Waals surface area contributed by atoms with Crippen LogP contribution in [0.4, 0.5) is 5.69 Å². The molecule has 7 nitrogen and oxygen atoms in total. The molecule has 0 aromatic heterocycles. The molecule has 2 aromatic rings. The average Bonchev–Trinajstić information content (AvgIpc) is 2.81. The number of hydrogen-bond acceptors (Lipinski definition) is 4. The van der Waals surface area contributed by atoms with E-state index in [1.54, 1.807) is 37.3 Å². The lowest BCUT2D eigenvalue weighted by atomic mass is 10.1. The zero-order valence-corrected chi connectivity index (χ0v) is 23.6. The second kappa shape index (κ2) is 13.9. The van der Waals surface area contributed by atoms with Crippen LogP contribution in [-0.4, -0.2) is 50.5 Å². The third-order valence-corrected chi connectivity index (χ3v) is 7.81. The van der Waals surface area contributed by atoms with Gasteiger partial charge in [0.2, 0.25) is 21.8 Å². The van der Waals surface area contributed by atoms with Crippen LogP contribution < -0.4 is 9.62 Å². The molecule has 0 aliphatic carbocycles. The molecule has 198 valence electrons. The molecule has 1 N–H and O–H groups in total. The van der Waals surface area contributed by atoms with E-state index in [9.17, 15) is 18.0 Å². The summed E-state index contributed by atoms with van der Waals surface area (Å²) in [6.07, 6.45) is 3.24. The minimum Gasteiger partial charge on any atom is -0.354 e.